The summed E-state index contributed by atoms with van der Waals surface area (Å²) in [5.41, 5.74) is -0.109. The summed E-state index contributed by atoms with van der Waals surface area (Å²) < 4.78 is 4.92. The SMILES string of the molecule is COc1cccc([N+](=O)[O-])c1NC(C)=O. The summed E-state index contributed by atoms with van der Waals surface area (Å²) >= 11 is 0. The lowest BCUT2D eigenvalue weighted by Gasteiger charge is -2.08. The number of para-hydroxylation sites is 1. The van der Waals surface area contributed by atoms with Gasteiger partial charge < -0.3 is 10.1 Å². The van der Waals surface area contributed by atoms with Crippen LogP contribution in [-0.4, -0.2) is 17.9 Å². The number of hydrogen-bond acceptors (Lipinski definition) is 4. The molecule has 15 heavy (non-hydrogen) atoms. The molecule has 0 aliphatic heterocycles. The molecule has 1 N–H and O–H groups in total. The third-order valence-corrected chi connectivity index (χ3v) is 1.72. The van der Waals surface area contributed by atoms with E-state index in [0.717, 1.165) is 0 Å². The van der Waals surface area contributed by atoms with Crippen molar-refractivity contribution in [3.8, 4) is 5.75 Å². The van der Waals surface area contributed by atoms with Crippen LogP contribution in [0.15, 0.2) is 18.2 Å². The van der Waals surface area contributed by atoms with Gasteiger partial charge in [0.15, 0.2) is 5.69 Å². The first-order valence-corrected chi connectivity index (χ1v) is 4.15. The Bertz CT molecular complexity index is 403. The quantitative estimate of drug-likeness (QED) is 0.606. The predicted octanol–water partition coefficient (Wildman–Crippen LogP) is 1.56. The first-order valence-electron chi connectivity index (χ1n) is 4.15. The van der Waals surface area contributed by atoms with E-state index in [1.54, 1.807) is 0 Å². The van der Waals surface area contributed by atoms with E-state index in [1.807, 2.05) is 0 Å². The molecule has 6 heteroatoms. The third kappa shape index (κ3) is 2.43. The zero-order valence-corrected chi connectivity index (χ0v) is 8.31. The number of hydrogen-bond donors (Lipinski definition) is 1. The average Bonchev–Trinajstić information content (AvgIpc) is 2.16. The molecule has 6 nitrogen and oxygen atoms in total. The molecular formula is C9H10N2O4. The fraction of sp³-hybridized carbons (Fsp3) is 0.222. The van der Waals surface area contributed by atoms with E-state index in [4.69, 9.17) is 4.74 Å². The van der Waals surface area contributed by atoms with Crippen LogP contribution in [0.2, 0.25) is 0 Å². The smallest absolute Gasteiger partial charge is 0.296 e. The van der Waals surface area contributed by atoms with Crippen molar-refractivity contribution in [2.24, 2.45) is 0 Å². The van der Waals surface area contributed by atoms with Crippen molar-refractivity contribution in [3.63, 3.8) is 0 Å². The van der Waals surface area contributed by atoms with Crippen LogP contribution in [0.1, 0.15) is 6.92 Å². The van der Waals surface area contributed by atoms with Gasteiger partial charge in [-0.15, -0.1) is 0 Å². The van der Waals surface area contributed by atoms with Crippen LogP contribution < -0.4 is 10.1 Å². The van der Waals surface area contributed by atoms with Gasteiger partial charge in [-0.05, 0) is 6.07 Å². The molecule has 0 spiro atoms. The Balaban J connectivity index is 3.26. The Kier molecular flexibility index (Phi) is 3.22. The van der Waals surface area contributed by atoms with Gasteiger partial charge in [0.1, 0.15) is 5.75 Å². The van der Waals surface area contributed by atoms with Crippen LogP contribution in [-0.2, 0) is 4.79 Å². The molecule has 0 aliphatic carbocycles. The van der Waals surface area contributed by atoms with Gasteiger partial charge in [-0.2, -0.15) is 0 Å². The van der Waals surface area contributed by atoms with Gasteiger partial charge in [0.25, 0.3) is 5.69 Å². The van der Waals surface area contributed by atoms with E-state index in [0.29, 0.717) is 0 Å². The van der Waals surface area contributed by atoms with Gasteiger partial charge in [0.05, 0.1) is 12.0 Å². The molecule has 0 radical (unpaired) electrons. The number of anilines is 1. The van der Waals surface area contributed by atoms with E-state index in [2.05, 4.69) is 5.32 Å². The second-order valence-electron chi connectivity index (χ2n) is 2.79. The number of nitro benzene ring substituents is 1. The molecule has 0 saturated heterocycles. The van der Waals surface area contributed by atoms with Crippen molar-refractivity contribution in [2.45, 2.75) is 6.92 Å². The minimum absolute atomic E-state index is 0.0810. The molecule has 1 amide bonds. The highest BCUT2D eigenvalue weighted by Crippen LogP contribution is 2.33. The predicted molar refractivity (Wildman–Crippen MR) is 54.0 cm³/mol. The second-order valence-corrected chi connectivity index (χ2v) is 2.79. The lowest BCUT2D eigenvalue weighted by atomic mass is 10.2. The van der Waals surface area contributed by atoms with Crippen molar-refractivity contribution >= 4 is 17.3 Å². The molecule has 1 aromatic rings. The Labute approximate surface area is 86.0 Å². The molecule has 0 saturated carbocycles. The van der Waals surface area contributed by atoms with E-state index in [1.165, 1.54) is 32.2 Å². The highest BCUT2D eigenvalue weighted by molar-refractivity contribution is 5.93. The minimum Gasteiger partial charge on any atom is -0.494 e. The Morgan fingerprint density at radius 1 is 1.53 bits per heavy atom. The first kappa shape index (κ1) is 11.0. The molecule has 1 aromatic carbocycles. The second kappa shape index (κ2) is 4.41. The summed E-state index contributed by atoms with van der Waals surface area (Å²) in [5, 5.41) is 13.0. The maximum atomic E-state index is 10.9. The van der Waals surface area contributed by atoms with Gasteiger partial charge in [-0.3, -0.25) is 14.9 Å². The highest BCUT2D eigenvalue weighted by atomic mass is 16.6. The van der Waals surface area contributed by atoms with E-state index in [9.17, 15) is 14.9 Å². The van der Waals surface area contributed by atoms with Crippen molar-refractivity contribution < 1.29 is 14.5 Å². The van der Waals surface area contributed by atoms with Gasteiger partial charge >= 0.3 is 0 Å². The number of carbonyl (C=O) groups excluding carboxylic acids is 1. The first-order chi connectivity index (χ1) is 7.06. The zero-order chi connectivity index (χ0) is 11.4. The van der Waals surface area contributed by atoms with E-state index >= 15 is 0 Å². The van der Waals surface area contributed by atoms with Crippen molar-refractivity contribution in [3.05, 3.63) is 28.3 Å². The maximum Gasteiger partial charge on any atom is 0.296 e. The number of ether oxygens (including phenoxy) is 1. The molecule has 1 rings (SSSR count). The normalized spacial score (nSPS) is 9.47. The topological polar surface area (TPSA) is 81.5 Å². The molecule has 0 unspecified atom stereocenters. The summed E-state index contributed by atoms with van der Waals surface area (Å²) in [4.78, 5) is 21.0. The summed E-state index contributed by atoms with van der Waals surface area (Å²) in [6.07, 6.45) is 0. The maximum absolute atomic E-state index is 10.9. The van der Waals surface area contributed by atoms with Gasteiger partial charge in [-0.1, -0.05) is 6.07 Å². The average molecular weight is 210 g/mol. The summed E-state index contributed by atoms with van der Waals surface area (Å²) in [6.45, 7) is 1.27. The van der Waals surface area contributed by atoms with Crippen LogP contribution in [0.4, 0.5) is 11.4 Å². The number of nitro groups is 1. The number of methoxy groups -OCH3 is 1. The molecule has 0 aromatic heterocycles. The third-order valence-electron chi connectivity index (χ3n) is 1.72. The van der Waals surface area contributed by atoms with Crippen LogP contribution in [0.3, 0.4) is 0 Å². The molecule has 80 valence electrons. The molecule has 0 heterocycles. The lowest BCUT2D eigenvalue weighted by molar-refractivity contribution is -0.384. The number of nitrogens with one attached hydrogen (secondary N) is 1. The summed E-state index contributed by atoms with van der Waals surface area (Å²) in [7, 11) is 1.38. The zero-order valence-electron chi connectivity index (χ0n) is 8.31. The van der Waals surface area contributed by atoms with E-state index < -0.39 is 4.92 Å². The molecule has 0 bridgehead atoms. The summed E-state index contributed by atoms with van der Waals surface area (Å²) in [5.74, 6) is -0.123. The molecule has 0 atom stereocenters. The van der Waals surface area contributed by atoms with Crippen LogP contribution in [0.5, 0.6) is 5.75 Å². The van der Waals surface area contributed by atoms with Crippen LogP contribution in [0, 0.1) is 10.1 Å². The number of benzene rings is 1. The number of amides is 1. The number of nitrogens with zero attached hydrogens (tertiary/aromatic N) is 1. The summed E-state index contributed by atoms with van der Waals surface area (Å²) in [6, 6.07) is 4.33. The minimum atomic E-state index is -0.576. The van der Waals surface area contributed by atoms with Gasteiger partial charge in [0, 0.05) is 13.0 Å². The largest absolute Gasteiger partial charge is 0.494 e. The fourth-order valence-corrected chi connectivity index (χ4v) is 1.14. The highest BCUT2D eigenvalue weighted by Gasteiger charge is 2.18. The van der Waals surface area contributed by atoms with Crippen molar-refractivity contribution in [1.82, 2.24) is 0 Å². The molecule has 0 fully saturated rings. The Morgan fingerprint density at radius 2 is 2.20 bits per heavy atom. The monoisotopic (exact) mass is 210 g/mol. The van der Waals surface area contributed by atoms with Gasteiger partial charge in [0.2, 0.25) is 5.91 Å². The molecule has 0 aliphatic rings. The molecular weight excluding hydrogens is 200 g/mol. The van der Waals surface area contributed by atoms with Crippen molar-refractivity contribution in [1.29, 1.82) is 0 Å². The van der Waals surface area contributed by atoms with Crippen molar-refractivity contribution in [2.75, 3.05) is 12.4 Å². The number of carbonyl (C=O) groups is 1. The Morgan fingerprint density at radius 3 is 2.67 bits per heavy atom. The van der Waals surface area contributed by atoms with E-state index in [-0.39, 0.29) is 23.0 Å². The Hall–Kier alpha value is -2.11. The number of rotatable bonds is 3. The van der Waals surface area contributed by atoms with Crippen LogP contribution >= 0.6 is 0 Å². The van der Waals surface area contributed by atoms with Gasteiger partial charge in [-0.25, -0.2) is 0 Å². The standard InChI is InChI=1S/C9H10N2O4/c1-6(12)10-9-7(11(13)14)4-3-5-8(9)15-2/h3-5H,1-2H3,(H,10,12). The lowest BCUT2D eigenvalue weighted by Crippen LogP contribution is -2.09. The van der Waals surface area contributed by atoms with Crippen LogP contribution in [0.25, 0.3) is 0 Å². The fourth-order valence-electron chi connectivity index (χ4n) is 1.14.